The molecule has 0 aromatic carbocycles. The van der Waals surface area contributed by atoms with E-state index in [1.54, 1.807) is 0 Å². The van der Waals surface area contributed by atoms with Crippen LogP contribution in [-0.4, -0.2) is 29.3 Å². The van der Waals surface area contributed by atoms with Gasteiger partial charge in [-0.25, -0.2) is 0 Å². The third kappa shape index (κ3) is 3.64. The van der Waals surface area contributed by atoms with E-state index in [1.807, 2.05) is 32.2 Å². The summed E-state index contributed by atoms with van der Waals surface area (Å²) in [5.74, 6) is 0.723. The Kier molecular flexibility index (Phi) is 4.48. The number of rotatable bonds is 5. The van der Waals surface area contributed by atoms with Crippen LogP contribution in [0.3, 0.4) is 0 Å². The first-order valence-corrected chi connectivity index (χ1v) is 6.79. The van der Waals surface area contributed by atoms with Crippen LogP contribution in [0.15, 0.2) is 18.2 Å². The van der Waals surface area contributed by atoms with Gasteiger partial charge in [-0.2, -0.15) is 0 Å². The summed E-state index contributed by atoms with van der Waals surface area (Å²) in [5, 5.41) is 0. The Balaban J connectivity index is 1.84. The fourth-order valence-corrected chi connectivity index (χ4v) is 2.66. The summed E-state index contributed by atoms with van der Waals surface area (Å²) < 4.78 is 0. The lowest BCUT2D eigenvalue weighted by atomic mass is 10.0. The van der Waals surface area contributed by atoms with Gasteiger partial charge >= 0.3 is 0 Å². The number of aryl methyl sites for hydroxylation is 1. The number of hydrogen-bond donors (Lipinski definition) is 0. The fourth-order valence-electron chi connectivity index (χ4n) is 2.66. The first-order valence-electron chi connectivity index (χ1n) is 6.79. The molecule has 98 valence electrons. The molecule has 2 rings (SSSR count). The molecule has 0 amide bonds. The molecule has 3 nitrogen and oxygen atoms in total. The molecule has 0 saturated heterocycles. The summed E-state index contributed by atoms with van der Waals surface area (Å²) in [6.45, 7) is 3.30. The number of nitrogens with zero attached hydrogens (tertiary/aromatic N) is 2. The second kappa shape index (κ2) is 6.10. The Morgan fingerprint density at radius 2 is 2.11 bits per heavy atom. The molecule has 1 aliphatic carbocycles. The standard InChI is InChI=1S/C15H22N2O/c1-12-6-5-9-14(16-12)10-17(2)11-15(18)13-7-3-4-8-13/h5-6,9,13H,3-4,7-8,10-11H2,1-2H3. The van der Waals surface area contributed by atoms with Crippen molar-refractivity contribution in [3.63, 3.8) is 0 Å². The highest BCUT2D eigenvalue weighted by atomic mass is 16.1. The zero-order valence-electron chi connectivity index (χ0n) is 11.4. The molecular weight excluding hydrogens is 224 g/mol. The lowest BCUT2D eigenvalue weighted by Gasteiger charge is -2.17. The van der Waals surface area contributed by atoms with Gasteiger partial charge in [0.25, 0.3) is 0 Å². The SMILES string of the molecule is Cc1cccc(CN(C)CC(=O)C2CCCC2)n1. The first-order chi connectivity index (χ1) is 8.65. The van der Waals surface area contributed by atoms with Crippen molar-refractivity contribution in [2.24, 2.45) is 5.92 Å². The van der Waals surface area contributed by atoms with Crippen LogP contribution >= 0.6 is 0 Å². The third-order valence-electron chi connectivity index (χ3n) is 3.61. The summed E-state index contributed by atoms with van der Waals surface area (Å²) >= 11 is 0. The number of carbonyl (C=O) groups is 1. The van der Waals surface area contributed by atoms with Crippen LogP contribution in [0.5, 0.6) is 0 Å². The number of carbonyl (C=O) groups excluding carboxylic acids is 1. The Morgan fingerprint density at radius 1 is 1.39 bits per heavy atom. The topological polar surface area (TPSA) is 33.2 Å². The normalized spacial score (nSPS) is 16.4. The molecule has 0 bridgehead atoms. The number of likely N-dealkylation sites (N-methyl/N-ethyl adjacent to an activating group) is 1. The second-order valence-electron chi connectivity index (χ2n) is 5.39. The molecule has 18 heavy (non-hydrogen) atoms. The second-order valence-corrected chi connectivity index (χ2v) is 5.39. The molecule has 3 heteroatoms. The number of Topliss-reactive ketones (excluding diaryl/α,β-unsaturated/α-hetero) is 1. The summed E-state index contributed by atoms with van der Waals surface area (Å²) in [7, 11) is 2.00. The number of ketones is 1. The molecule has 0 N–H and O–H groups in total. The zero-order chi connectivity index (χ0) is 13.0. The smallest absolute Gasteiger partial charge is 0.149 e. The molecule has 1 fully saturated rings. The lowest BCUT2D eigenvalue weighted by molar-refractivity contribution is -0.123. The van der Waals surface area contributed by atoms with Crippen LogP contribution < -0.4 is 0 Å². The van der Waals surface area contributed by atoms with Gasteiger partial charge in [-0.05, 0) is 38.9 Å². The maximum Gasteiger partial charge on any atom is 0.149 e. The van der Waals surface area contributed by atoms with Crippen LogP contribution in [0.4, 0.5) is 0 Å². The van der Waals surface area contributed by atoms with E-state index in [4.69, 9.17) is 0 Å². The minimum absolute atomic E-state index is 0.318. The monoisotopic (exact) mass is 246 g/mol. The van der Waals surface area contributed by atoms with E-state index in [1.165, 1.54) is 12.8 Å². The fraction of sp³-hybridized carbons (Fsp3) is 0.600. The Morgan fingerprint density at radius 3 is 2.78 bits per heavy atom. The van der Waals surface area contributed by atoms with Gasteiger partial charge < -0.3 is 0 Å². The van der Waals surface area contributed by atoms with Gasteiger partial charge in [-0.3, -0.25) is 14.7 Å². The van der Waals surface area contributed by atoms with Crippen LogP contribution in [0, 0.1) is 12.8 Å². The van der Waals surface area contributed by atoms with Crippen molar-refractivity contribution in [1.29, 1.82) is 0 Å². The van der Waals surface area contributed by atoms with Crippen LogP contribution in [0.1, 0.15) is 37.1 Å². The summed E-state index contributed by atoms with van der Waals surface area (Å²) in [6, 6.07) is 6.03. The van der Waals surface area contributed by atoms with E-state index < -0.39 is 0 Å². The highest BCUT2D eigenvalue weighted by molar-refractivity contribution is 5.83. The number of aromatic nitrogens is 1. The maximum absolute atomic E-state index is 12.1. The van der Waals surface area contributed by atoms with E-state index >= 15 is 0 Å². The number of pyridine rings is 1. The molecule has 1 aliphatic rings. The van der Waals surface area contributed by atoms with Crippen molar-refractivity contribution in [1.82, 2.24) is 9.88 Å². The van der Waals surface area contributed by atoms with Gasteiger partial charge in [0.1, 0.15) is 5.78 Å². The van der Waals surface area contributed by atoms with Gasteiger partial charge in [0.15, 0.2) is 0 Å². The Labute approximate surface area is 109 Å². The van der Waals surface area contributed by atoms with Gasteiger partial charge in [-0.15, -0.1) is 0 Å². The van der Waals surface area contributed by atoms with E-state index in [9.17, 15) is 4.79 Å². The molecule has 1 aromatic rings. The Bertz CT molecular complexity index is 411. The van der Waals surface area contributed by atoms with Crippen molar-refractivity contribution in [3.05, 3.63) is 29.6 Å². The van der Waals surface area contributed by atoms with Gasteiger partial charge in [-0.1, -0.05) is 18.9 Å². The highest BCUT2D eigenvalue weighted by Gasteiger charge is 2.23. The summed E-state index contributed by atoms with van der Waals surface area (Å²) in [5.41, 5.74) is 2.07. The molecule has 1 aromatic heterocycles. The molecule has 0 spiro atoms. The van der Waals surface area contributed by atoms with Gasteiger partial charge in [0, 0.05) is 18.2 Å². The van der Waals surface area contributed by atoms with Crippen LogP contribution in [0.2, 0.25) is 0 Å². The predicted molar refractivity (Wildman–Crippen MR) is 72.3 cm³/mol. The van der Waals surface area contributed by atoms with Crippen LogP contribution in [-0.2, 0) is 11.3 Å². The Hall–Kier alpha value is -1.22. The average molecular weight is 246 g/mol. The van der Waals surface area contributed by atoms with Gasteiger partial charge in [0.05, 0.1) is 12.2 Å². The minimum Gasteiger partial charge on any atom is -0.298 e. The van der Waals surface area contributed by atoms with E-state index in [-0.39, 0.29) is 0 Å². The highest BCUT2D eigenvalue weighted by Crippen LogP contribution is 2.25. The zero-order valence-corrected chi connectivity index (χ0v) is 11.4. The summed E-state index contributed by atoms with van der Waals surface area (Å²) in [4.78, 5) is 18.6. The maximum atomic E-state index is 12.1. The average Bonchev–Trinajstić information content (AvgIpc) is 2.81. The van der Waals surface area contributed by atoms with Crippen molar-refractivity contribution < 1.29 is 4.79 Å². The number of hydrogen-bond acceptors (Lipinski definition) is 3. The predicted octanol–water partition coefficient (Wildman–Crippen LogP) is 2.58. The van der Waals surface area contributed by atoms with Gasteiger partial charge in [0.2, 0.25) is 0 Å². The molecule has 0 unspecified atom stereocenters. The molecule has 1 heterocycles. The third-order valence-corrected chi connectivity index (χ3v) is 3.61. The first kappa shape index (κ1) is 13.2. The molecule has 0 atom stereocenters. The van der Waals surface area contributed by atoms with Crippen molar-refractivity contribution in [2.45, 2.75) is 39.2 Å². The summed E-state index contributed by atoms with van der Waals surface area (Å²) in [6.07, 6.45) is 4.63. The molecular formula is C15H22N2O. The lowest BCUT2D eigenvalue weighted by Crippen LogP contribution is -2.29. The van der Waals surface area contributed by atoms with Crippen molar-refractivity contribution >= 4 is 5.78 Å². The van der Waals surface area contributed by atoms with Crippen molar-refractivity contribution in [3.8, 4) is 0 Å². The largest absolute Gasteiger partial charge is 0.298 e. The minimum atomic E-state index is 0.318. The quantitative estimate of drug-likeness (QED) is 0.800. The van der Waals surface area contributed by atoms with Crippen molar-refractivity contribution in [2.75, 3.05) is 13.6 Å². The molecule has 0 aliphatic heterocycles. The van der Waals surface area contributed by atoms with Crippen LogP contribution in [0.25, 0.3) is 0 Å². The van der Waals surface area contributed by atoms with E-state index in [0.29, 0.717) is 18.2 Å². The van der Waals surface area contributed by atoms with E-state index in [2.05, 4.69) is 9.88 Å². The molecule has 0 radical (unpaired) electrons. The molecule has 1 saturated carbocycles. The van der Waals surface area contributed by atoms with E-state index in [0.717, 1.165) is 30.8 Å².